The molecule has 1 aromatic carbocycles. The Bertz CT molecular complexity index is 632. The molecule has 0 spiro atoms. The van der Waals surface area contributed by atoms with Gasteiger partial charge in [0, 0.05) is 16.6 Å². The molecule has 0 aliphatic heterocycles. The number of amides is 1. The summed E-state index contributed by atoms with van der Waals surface area (Å²) in [4.78, 5) is 16.5. The first kappa shape index (κ1) is 15.6. The van der Waals surface area contributed by atoms with Gasteiger partial charge in [0.05, 0.1) is 0 Å². The predicted molar refractivity (Wildman–Crippen MR) is 83.5 cm³/mol. The summed E-state index contributed by atoms with van der Waals surface area (Å²) >= 11 is 5.86. The van der Waals surface area contributed by atoms with Gasteiger partial charge in [0.15, 0.2) is 5.69 Å². The molecule has 1 unspecified atom stereocenters. The highest BCUT2D eigenvalue weighted by Gasteiger charge is 2.20. The molecular formula is C16H19ClN2O2. The van der Waals surface area contributed by atoms with Crippen molar-refractivity contribution >= 4 is 17.5 Å². The second-order valence-corrected chi connectivity index (χ2v) is 5.87. The van der Waals surface area contributed by atoms with Gasteiger partial charge < -0.3 is 9.73 Å². The van der Waals surface area contributed by atoms with E-state index in [4.69, 9.17) is 16.0 Å². The van der Waals surface area contributed by atoms with Gasteiger partial charge in [-0.05, 0) is 44.0 Å². The lowest BCUT2D eigenvalue weighted by atomic mass is 10.1. The third-order valence-corrected chi connectivity index (χ3v) is 3.71. The van der Waals surface area contributed by atoms with Crippen LogP contribution in [0.25, 0.3) is 11.5 Å². The SMILES string of the molecule is Cc1oc(-c2ccc(Cl)cc2)nc1C(=O)NC(C)C(C)C. The number of aryl methyl sites for hydroxylation is 1. The van der Waals surface area contributed by atoms with E-state index in [0.29, 0.717) is 28.3 Å². The number of rotatable bonds is 4. The molecule has 0 fully saturated rings. The molecule has 4 nitrogen and oxygen atoms in total. The van der Waals surface area contributed by atoms with E-state index in [1.165, 1.54) is 0 Å². The van der Waals surface area contributed by atoms with E-state index in [-0.39, 0.29) is 11.9 Å². The van der Waals surface area contributed by atoms with E-state index in [1.54, 1.807) is 19.1 Å². The molecule has 2 aromatic rings. The molecule has 5 heteroatoms. The molecule has 1 aromatic heterocycles. The smallest absolute Gasteiger partial charge is 0.273 e. The van der Waals surface area contributed by atoms with Gasteiger partial charge in [-0.1, -0.05) is 25.4 Å². The molecule has 1 heterocycles. The lowest BCUT2D eigenvalue weighted by Crippen LogP contribution is -2.36. The maximum absolute atomic E-state index is 12.2. The highest BCUT2D eigenvalue weighted by Crippen LogP contribution is 2.23. The van der Waals surface area contributed by atoms with Crippen molar-refractivity contribution in [2.75, 3.05) is 0 Å². The Morgan fingerprint density at radius 3 is 2.43 bits per heavy atom. The average molecular weight is 307 g/mol. The summed E-state index contributed by atoms with van der Waals surface area (Å²) in [6, 6.07) is 7.22. The van der Waals surface area contributed by atoms with Crippen LogP contribution < -0.4 is 5.32 Å². The largest absolute Gasteiger partial charge is 0.441 e. The summed E-state index contributed by atoms with van der Waals surface area (Å²) in [5.74, 6) is 1.08. The number of aromatic nitrogens is 1. The number of carbonyl (C=O) groups is 1. The van der Waals surface area contributed by atoms with E-state index < -0.39 is 0 Å². The topological polar surface area (TPSA) is 55.1 Å². The molecule has 0 bridgehead atoms. The highest BCUT2D eigenvalue weighted by molar-refractivity contribution is 6.30. The minimum Gasteiger partial charge on any atom is -0.441 e. The Morgan fingerprint density at radius 1 is 1.24 bits per heavy atom. The van der Waals surface area contributed by atoms with Gasteiger partial charge in [0.2, 0.25) is 5.89 Å². The van der Waals surface area contributed by atoms with Crippen LogP contribution in [0.1, 0.15) is 37.0 Å². The van der Waals surface area contributed by atoms with Crippen LogP contribution in [-0.2, 0) is 0 Å². The Balaban J connectivity index is 2.23. The van der Waals surface area contributed by atoms with Gasteiger partial charge in [-0.15, -0.1) is 0 Å². The fourth-order valence-electron chi connectivity index (χ4n) is 1.76. The van der Waals surface area contributed by atoms with Gasteiger partial charge in [-0.25, -0.2) is 4.98 Å². The van der Waals surface area contributed by atoms with Gasteiger partial charge >= 0.3 is 0 Å². The quantitative estimate of drug-likeness (QED) is 0.926. The second-order valence-electron chi connectivity index (χ2n) is 5.44. The Hall–Kier alpha value is -1.81. The van der Waals surface area contributed by atoms with E-state index in [9.17, 15) is 4.79 Å². The molecule has 21 heavy (non-hydrogen) atoms. The Kier molecular flexibility index (Phi) is 4.68. The van der Waals surface area contributed by atoms with Crippen molar-refractivity contribution in [2.45, 2.75) is 33.7 Å². The van der Waals surface area contributed by atoms with Gasteiger partial charge in [0.25, 0.3) is 5.91 Å². The Labute approximate surface area is 129 Å². The number of benzene rings is 1. The minimum atomic E-state index is -0.210. The molecule has 2 rings (SSSR count). The molecule has 1 amide bonds. The standard InChI is InChI=1S/C16H19ClN2O2/c1-9(2)10(3)18-15(20)14-11(4)21-16(19-14)12-5-7-13(17)8-6-12/h5-10H,1-4H3,(H,18,20). The first-order chi connectivity index (χ1) is 9.88. The van der Waals surface area contributed by atoms with Crippen LogP contribution in [0, 0.1) is 12.8 Å². The second kappa shape index (κ2) is 6.31. The van der Waals surface area contributed by atoms with Crippen molar-refractivity contribution in [2.24, 2.45) is 5.92 Å². The monoisotopic (exact) mass is 306 g/mol. The lowest BCUT2D eigenvalue weighted by molar-refractivity contribution is 0.0924. The van der Waals surface area contributed by atoms with Gasteiger partial charge in [-0.2, -0.15) is 0 Å². The van der Waals surface area contributed by atoms with E-state index in [2.05, 4.69) is 24.1 Å². The van der Waals surface area contributed by atoms with Crippen LogP contribution in [0.3, 0.4) is 0 Å². The fraction of sp³-hybridized carbons (Fsp3) is 0.375. The summed E-state index contributed by atoms with van der Waals surface area (Å²) in [6.07, 6.45) is 0. The van der Waals surface area contributed by atoms with Crippen molar-refractivity contribution < 1.29 is 9.21 Å². The van der Waals surface area contributed by atoms with E-state index in [1.807, 2.05) is 19.1 Å². The maximum Gasteiger partial charge on any atom is 0.273 e. The van der Waals surface area contributed by atoms with Crippen molar-refractivity contribution in [1.82, 2.24) is 10.3 Å². The number of nitrogens with one attached hydrogen (secondary N) is 1. The molecule has 0 aliphatic carbocycles. The number of carbonyl (C=O) groups excluding carboxylic acids is 1. The molecule has 0 saturated carbocycles. The number of nitrogens with zero attached hydrogens (tertiary/aromatic N) is 1. The van der Waals surface area contributed by atoms with Crippen LogP contribution in [0.2, 0.25) is 5.02 Å². The molecule has 0 radical (unpaired) electrons. The first-order valence-electron chi connectivity index (χ1n) is 6.92. The van der Waals surface area contributed by atoms with Gasteiger partial charge in [0.1, 0.15) is 5.76 Å². The number of halogens is 1. The molecule has 0 saturated heterocycles. The minimum absolute atomic E-state index is 0.0765. The normalized spacial score (nSPS) is 12.5. The van der Waals surface area contributed by atoms with Crippen molar-refractivity contribution in [3.05, 3.63) is 40.7 Å². The highest BCUT2D eigenvalue weighted by atomic mass is 35.5. The first-order valence-corrected chi connectivity index (χ1v) is 7.30. The Morgan fingerprint density at radius 2 is 1.86 bits per heavy atom. The van der Waals surface area contributed by atoms with Crippen molar-refractivity contribution in [3.8, 4) is 11.5 Å². The van der Waals surface area contributed by atoms with Crippen molar-refractivity contribution in [3.63, 3.8) is 0 Å². The summed E-state index contributed by atoms with van der Waals surface area (Å²) < 4.78 is 5.59. The molecular weight excluding hydrogens is 288 g/mol. The zero-order chi connectivity index (χ0) is 15.6. The summed E-state index contributed by atoms with van der Waals surface area (Å²) in [5.41, 5.74) is 1.12. The van der Waals surface area contributed by atoms with Gasteiger partial charge in [-0.3, -0.25) is 4.79 Å². The molecule has 0 aliphatic rings. The molecule has 1 N–H and O–H groups in total. The summed E-state index contributed by atoms with van der Waals surface area (Å²) in [7, 11) is 0. The fourth-order valence-corrected chi connectivity index (χ4v) is 1.89. The summed E-state index contributed by atoms with van der Waals surface area (Å²) in [5, 5.41) is 3.57. The number of hydrogen-bond donors (Lipinski definition) is 1. The van der Waals surface area contributed by atoms with Crippen LogP contribution in [-0.4, -0.2) is 16.9 Å². The van der Waals surface area contributed by atoms with Crippen LogP contribution in [0.5, 0.6) is 0 Å². The van der Waals surface area contributed by atoms with Crippen LogP contribution in [0.15, 0.2) is 28.7 Å². The predicted octanol–water partition coefficient (Wildman–Crippen LogP) is 4.08. The van der Waals surface area contributed by atoms with Crippen LogP contribution in [0.4, 0.5) is 0 Å². The van der Waals surface area contributed by atoms with E-state index in [0.717, 1.165) is 5.56 Å². The lowest BCUT2D eigenvalue weighted by Gasteiger charge is -2.16. The third kappa shape index (κ3) is 3.64. The molecule has 112 valence electrons. The zero-order valence-corrected chi connectivity index (χ0v) is 13.4. The number of oxazole rings is 1. The van der Waals surface area contributed by atoms with Crippen LogP contribution >= 0.6 is 11.6 Å². The van der Waals surface area contributed by atoms with E-state index >= 15 is 0 Å². The maximum atomic E-state index is 12.2. The molecule has 1 atom stereocenters. The third-order valence-electron chi connectivity index (χ3n) is 3.46. The average Bonchev–Trinajstić information content (AvgIpc) is 2.81. The number of hydrogen-bond acceptors (Lipinski definition) is 3. The van der Waals surface area contributed by atoms with Crippen molar-refractivity contribution in [1.29, 1.82) is 0 Å². The summed E-state index contributed by atoms with van der Waals surface area (Å²) in [6.45, 7) is 7.82. The zero-order valence-electron chi connectivity index (χ0n) is 12.6.